The molecule has 0 atom stereocenters. The van der Waals surface area contributed by atoms with E-state index in [0.29, 0.717) is 24.3 Å². The fraction of sp³-hybridized carbons (Fsp3) is 0.619. The number of carbonyl (C=O) groups excluding carboxylic acids is 2. The van der Waals surface area contributed by atoms with Crippen LogP contribution in [0.3, 0.4) is 0 Å². The number of nitrogens with one attached hydrogen (secondary N) is 1. The second-order valence-corrected chi connectivity index (χ2v) is 9.86. The summed E-state index contributed by atoms with van der Waals surface area (Å²) in [4.78, 5) is 25.8. The number of anilines is 1. The molecule has 0 saturated carbocycles. The van der Waals surface area contributed by atoms with Crippen LogP contribution in [0.2, 0.25) is 0 Å². The Labute approximate surface area is 192 Å². The Morgan fingerprint density at radius 3 is 2.24 bits per heavy atom. The molecule has 0 aliphatic carbocycles. The van der Waals surface area contributed by atoms with Crippen molar-refractivity contribution in [3.8, 4) is 0 Å². The van der Waals surface area contributed by atoms with Gasteiger partial charge in [0.2, 0.25) is 15.9 Å². The summed E-state index contributed by atoms with van der Waals surface area (Å²) in [6.07, 6.45) is -5.16. The highest BCUT2D eigenvalue weighted by molar-refractivity contribution is 7.89. The predicted octanol–water partition coefficient (Wildman–Crippen LogP) is 3.68. The fourth-order valence-electron chi connectivity index (χ4n) is 3.61. The second kappa shape index (κ2) is 10.7. The molecule has 0 radical (unpaired) electrons. The first kappa shape index (κ1) is 26.9. The highest BCUT2D eigenvalue weighted by Gasteiger charge is 2.33. The zero-order valence-electron chi connectivity index (χ0n) is 19.2. The maximum absolute atomic E-state index is 12.9. The van der Waals surface area contributed by atoms with E-state index in [1.165, 1.54) is 10.4 Å². The smallest absolute Gasteiger partial charge is 0.422 e. The summed E-state index contributed by atoms with van der Waals surface area (Å²) in [5, 5.41) is 2.79. The summed E-state index contributed by atoms with van der Waals surface area (Å²) >= 11 is 0. The van der Waals surface area contributed by atoms with Gasteiger partial charge >= 0.3 is 12.3 Å². The SMILES string of the molecule is CCN(CC)S(=O)(=O)c1cc(C)c(C)c(NC(=O)C2CCN(C(=O)OCC(F)(F)F)CC2)c1. The minimum atomic E-state index is -4.60. The van der Waals surface area contributed by atoms with E-state index in [4.69, 9.17) is 0 Å². The number of hydrogen-bond donors (Lipinski definition) is 1. The highest BCUT2D eigenvalue weighted by atomic mass is 32.2. The number of piperidine rings is 1. The van der Waals surface area contributed by atoms with Gasteiger partial charge < -0.3 is 15.0 Å². The summed E-state index contributed by atoms with van der Waals surface area (Å²) in [5.74, 6) is -0.808. The molecule has 1 aliphatic heterocycles. The molecule has 0 bridgehead atoms. The van der Waals surface area contributed by atoms with E-state index in [1.807, 2.05) is 0 Å². The van der Waals surface area contributed by atoms with Gasteiger partial charge in [-0.1, -0.05) is 13.8 Å². The van der Waals surface area contributed by atoms with Gasteiger partial charge in [0.15, 0.2) is 6.61 Å². The first-order chi connectivity index (χ1) is 15.3. The Hall–Kier alpha value is -2.34. The Kier molecular flexibility index (Phi) is 8.75. The van der Waals surface area contributed by atoms with E-state index in [9.17, 15) is 31.2 Å². The number of aryl methyl sites for hydroxylation is 1. The number of carbonyl (C=O) groups is 2. The van der Waals surface area contributed by atoms with Crippen LogP contribution in [0.25, 0.3) is 0 Å². The van der Waals surface area contributed by atoms with E-state index < -0.39 is 34.8 Å². The fourth-order valence-corrected chi connectivity index (χ4v) is 5.18. The van der Waals surface area contributed by atoms with Gasteiger partial charge in [0, 0.05) is 37.8 Å². The molecule has 2 rings (SSSR count). The van der Waals surface area contributed by atoms with Crippen molar-refractivity contribution in [3.63, 3.8) is 0 Å². The molecule has 1 aromatic rings. The van der Waals surface area contributed by atoms with Gasteiger partial charge in [0.25, 0.3) is 0 Å². The molecule has 1 aromatic carbocycles. The molecule has 1 N–H and O–H groups in total. The van der Waals surface area contributed by atoms with Gasteiger partial charge in [0.05, 0.1) is 4.90 Å². The lowest BCUT2D eigenvalue weighted by Crippen LogP contribution is -2.42. The minimum Gasteiger partial charge on any atom is -0.440 e. The zero-order chi connectivity index (χ0) is 25.0. The first-order valence-corrected chi connectivity index (χ1v) is 12.1. The van der Waals surface area contributed by atoms with E-state index in [0.717, 1.165) is 10.5 Å². The van der Waals surface area contributed by atoms with Gasteiger partial charge in [-0.2, -0.15) is 17.5 Å². The molecule has 1 saturated heterocycles. The standard InChI is InChI=1S/C21H30F3N3O5S/c1-5-27(6-2)33(30,31)17-11-14(3)15(4)18(12-17)25-19(28)16-7-9-26(10-8-16)20(29)32-13-21(22,23)24/h11-12,16H,5-10,13H2,1-4H3,(H,25,28). The number of benzene rings is 1. The van der Waals surface area contributed by atoms with Crippen LogP contribution in [0.4, 0.5) is 23.7 Å². The van der Waals surface area contributed by atoms with E-state index in [2.05, 4.69) is 10.1 Å². The molecule has 8 nitrogen and oxygen atoms in total. The molecule has 33 heavy (non-hydrogen) atoms. The van der Waals surface area contributed by atoms with Crippen LogP contribution >= 0.6 is 0 Å². The number of alkyl halides is 3. The number of likely N-dealkylation sites (tertiary alicyclic amines) is 1. The average Bonchev–Trinajstić information content (AvgIpc) is 2.75. The van der Waals surface area contributed by atoms with Gasteiger partial charge in [-0.25, -0.2) is 13.2 Å². The van der Waals surface area contributed by atoms with Crippen molar-refractivity contribution < 1.29 is 35.9 Å². The van der Waals surface area contributed by atoms with Gasteiger partial charge in [-0.3, -0.25) is 4.79 Å². The zero-order valence-corrected chi connectivity index (χ0v) is 20.0. The molecule has 0 unspecified atom stereocenters. The Balaban J connectivity index is 2.08. The first-order valence-electron chi connectivity index (χ1n) is 10.7. The van der Waals surface area contributed by atoms with Crippen LogP contribution in [-0.2, 0) is 19.6 Å². The lowest BCUT2D eigenvalue weighted by Gasteiger charge is -2.31. The number of halogens is 3. The molecule has 1 heterocycles. The molecule has 0 aromatic heterocycles. The second-order valence-electron chi connectivity index (χ2n) is 7.92. The van der Waals surface area contributed by atoms with E-state index in [1.54, 1.807) is 33.8 Å². The number of rotatable bonds is 7. The van der Waals surface area contributed by atoms with E-state index >= 15 is 0 Å². The van der Waals surface area contributed by atoms with Crippen molar-refractivity contribution in [3.05, 3.63) is 23.3 Å². The largest absolute Gasteiger partial charge is 0.440 e. The lowest BCUT2D eigenvalue weighted by atomic mass is 9.95. The van der Waals surface area contributed by atoms with Crippen molar-refractivity contribution in [1.29, 1.82) is 0 Å². The summed E-state index contributed by atoms with van der Waals surface area (Å²) in [5.41, 5.74) is 1.83. The summed E-state index contributed by atoms with van der Waals surface area (Å²) in [6.45, 7) is 6.18. The van der Waals surface area contributed by atoms with Crippen LogP contribution in [-0.4, -0.2) is 68.6 Å². The molecule has 1 aliphatic rings. The van der Waals surface area contributed by atoms with Crippen LogP contribution < -0.4 is 5.32 Å². The van der Waals surface area contributed by atoms with E-state index in [-0.39, 0.29) is 36.7 Å². The molecule has 186 valence electrons. The summed E-state index contributed by atoms with van der Waals surface area (Å²) in [6, 6.07) is 3.02. The van der Waals surface area contributed by atoms with Gasteiger partial charge in [-0.05, 0) is 49.9 Å². The summed E-state index contributed by atoms with van der Waals surface area (Å²) in [7, 11) is -3.71. The van der Waals surface area contributed by atoms with Crippen molar-refractivity contribution >= 4 is 27.7 Å². The maximum atomic E-state index is 12.9. The Bertz CT molecular complexity index is 970. The molecule has 0 spiro atoms. The lowest BCUT2D eigenvalue weighted by molar-refractivity contribution is -0.162. The van der Waals surface area contributed by atoms with Crippen molar-refractivity contribution in [2.45, 2.75) is 51.6 Å². The van der Waals surface area contributed by atoms with Crippen LogP contribution in [0.5, 0.6) is 0 Å². The quantitative estimate of drug-likeness (QED) is 0.625. The maximum Gasteiger partial charge on any atom is 0.422 e. The monoisotopic (exact) mass is 493 g/mol. The van der Waals surface area contributed by atoms with Gasteiger partial charge in [-0.15, -0.1) is 0 Å². The van der Waals surface area contributed by atoms with Gasteiger partial charge in [0.1, 0.15) is 0 Å². The number of ether oxygens (including phenoxy) is 1. The molecular weight excluding hydrogens is 463 g/mol. The predicted molar refractivity (Wildman–Crippen MR) is 116 cm³/mol. The molecule has 1 fully saturated rings. The molecule has 12 heteroatoms. The van der Waals surface area contributed by atoms with Crippen LogP contribution in [0, 0.1) is 19.8 Å². The van der Waals surface area contributed by atoms with Crippen LogP contribution in [0.15, 0.2) is 17.0 Å². The van der Waals surface area contributed by atoms with Crippen molar-refractivity contribution in [1.82, 2.24) is 9.21 Å². The minimum absolute atomic E-state index is 0.0865. The van der Waals surface area contributed by atoms with Crippen molar-refractivity contribution in [2.24, 2.45) is 5.92 Å². The average molecular weight is 494 g/mol. The molecular formula is C21H30F3N3O5S. The number of amides is 2. The molecule has 2 amide bonds. The number of sulfonamides is 1. The Morgan fingerprint density at radius 2 is 1.73 bits per heavy atom. The third-order valence-electron chi connectivity index (χ3n) is 5.73. The topological polar surface area (TPSA) is 96.0 Å². The normalized spacial score (nSPS) is 15.6. The third kappa shape index (κ3) is 6.83. The summed E-state index contributed by atoms with van der Waals surface area (Å²) < 4.78 is 68.0. The Morgan fingerprint density at radius 1 is 1.15 bits per heavy atom. The highest BCUT2D eigenvalue weighted by Crippen LogP contribution is 2.28. The van der Waals surface area contributed by atoms with Crippen molar-refractivity contribution in [2.75, 3.05) is 38.1 Å². The number of hydrogen-bond acceptors (Lipinski definition) is 5. The number of nitrogens with zero attached hydrogens (tertiary/aromatic N) is 2. The third-order valence-corrected chi connectivity index (χ3v) is 7.75. The van der Waals surface area contributed by atoms with Crippen LogP contribution in [0.1, 0.15) is 37.8 Å².